The molecule has 0 unspecified atom stereocenters. The van der Waals surface area contributed by atoms with E-state index >= 15 is 0 Å². The highest BCUT2D eigenvalue weighted by atomic mass is 32.2. The van der Waals surface area contributed by atoms with Crippen molar-refractivity contribution in [2.75, 3.05) is 18.9 Å². The van der Waals surface area contributed by atoms with Gasteiger partial charge in [0.25, 0.3) is 0 Å². The molecule has 0 heterocycles. The van der Waals surface area contributed by atoms with Crippen LogP contribution >= 0.6 is 0 Å². The van der Waals surface area contributed by atoms with Crippen molar-refractivity contribution in [3.8, 4) is 0 Å². The maximum absolute atomic E-state index is 11.9. The standard InChI is InChI=1S/C12H19N3O3S/c1-9(2)15-12(16)8-14-19(17,18)11-6-4-10(13-3)5-7-11/h4-7,9,13-14H,8H2,1-3H3,(H,15,16). The highest BCUT2D eigenvalue weighted by Crippen LogP contribution is 2.12. The van der Waals surface area contributed by atoms with E-state index in [1.165, 1.54) is 12.1 Å². The quantitative estimate of drug-likeness (QED) is 0.711. The Balaban J connectivity index is 2.67. The van der Waals surface area contributed by atoms with Crippen LogP contribution < -0.4 is 15.4 Å². The summed E-state index contributed by atoms with van der Waals surface area (Å²) in [4.78, 5) is 11.5. The smallest absolute Gasteiger partial charge is 0.241 e. The number of rotatable bonds is 6. The van der Waals surface area contributed by atoms with Gasteiger partial charge in [-0.1, -0.05) is 0 Å². The van der Waals surface area contributed by atoms with Crippen LogP contribution in [0, 0.1) is 0 Å². The summed E-state index contributed by atoms with van der Waals surface area (Å²) in [6, 6.07) is 6.25. The number of carbonyl (C=O) groups excluding carboxylic acids is 1. The number of nitrogens with one attached hydrogen (secondary N) is 3. The number of benzene rings is 1. The van der Waals surface area contributed by atoms with Crippen molar-refractivity contribution in [2.45, 2.75) is 24.8 Å². The Kier molecular flexibility index (Phi) is 5.31. The maximum atomic E-state index is 11.9. The SMILES string of the molecule is CNc1ccc(S(=O)(=O)NCC(=O)NC(C)C)cc1. The number of amides is 1. The van der Waals surface area contributed by atoms with Gasteiger partial charge in [0.05, 0.1) is 11.4 Å². The van der Waals surface area contributed by atoms with E-state index in [9.17, 15) is 13.2 Å². The molecule has 1 amide bonds. The van der Waals surface area contributed by atoms with E-state index < -0.39 is 10.0 Å². The Labute approximate surface area is 113 Å². The first kappa shape index (κ1) is 15.5. The first-order valence-corrected chi connectivity index (χ1v) is 7.40. The zero-order chi connectivity index (χ0) is 14.5. The van der Waals surface area contributed by atoms with E-state index in [0.29, 0.717) is 0 Å². The zero-order valence-corrected chi connectivity index (χ0v) is 12.0. The van der Waals surface area contributed by atoms with Crippen LogP contribution in [0.2, 0.25) is 0 Å². The molecule has 0 fully saturated rings. The van der Waals surface area contributed by atoms with Crippen molar-refractivity contribution in [3.05, 3.63) is 24.3 Å². The molecule has 1 rings (SSSR count). The van der Waals surface area contributed by atoms with E-state index in [-0.39, 0.29) is 23.4 Å². The number of carbonyl (C=O) groups is 1. The Morgan fingerprint density at radius 3 is 2.26 bits per heavy atom. The summed E-state index contributed by atoms with van der Waals surface area (Å²) in [6.45, 7) is 3.35. The molecule has 6 nitrogen and oxygen atoms in total. The van der Waals surface area contributed by atoms with Crippen LogP contribution in [0.3, 0.4) is 0 Å². The molecular formula is C12H19N3O3S. The van der Waals surface area contributed by atoms with Gasteiger partial charge in [-0.25, -0.2) is 13.1 Å². The number of hydrogen-bond donors (Lipinski definition) is 3. The van der Waals surface area contributed by atoms with Gasteiger partial charge in [-0.3, -0.25) is 4.79 Å². The molecule has 106 valence electrons. The molecule has 1 aromatic rings. The number of hydrogen-bond acceptors (Lipinski definition) is 4. The molecule has 0 saturated carbocycles. The molecule has 0 radical (unpaired) electrons. The van der Waals surface area contributed by atoms with Crippen molar-refractivity contribution in [2.24, 2.45) is 0 Å². The van der Waals surface area contributed by atoms with Crippen LogP contribution in [0.15, 0.2) is 29.2 Å². The Morgan fingerprint density at radius 2 is 1.79 bits per heavy atom. The lowest BCUT2D eigenvalue weighted by Crippen LogP contribution is -2.39. The fraction of sp³-hybridized carbons (Fsp3) is 0.417. The molecule has 0 aromatic heterocycles. The molecule has 0 atom stereocenters. The van der Waals surface area contributed by atoms with Crippen molar-refractivity contribution >= 4 is 21.6 Å². The predicted octanol–water partition coefficient (Wildman–Crippen LogP) is 0.531. The minimum Gasteiger partial charge on any atom is -0.388 e. The molecule has 0 aliphatic rings. The topological polar surface area (TPSA) is 87.3 Å². The summed E-state index contributed by atoms with van der Waals surface area (Å²) >= 11 is 0. The molecule has 7 heteroatoms. The van der Waals surface area contributed by atoms with Crippen LogP contribution in [0.4, 0.5) is 5.69 Å². The van der Waals surface area contributed by atoms with Gasteiger partial charge in [0.2, 0.25) is 15.9 Å². The van der Waals surface area contributed by atoms with E-state index in [1.807, 2.05) is 13.8 Å². The molecule has 0 bridgehead atoms. The van der Waals surface area contributed by atoms with Crippen molar-refractivity contribution in [3.63, 3.8) is 0 Å². The summed E-state index contributed by atoms with van der Waals surface area (Å²) in [6.07, 6.45) is 0. The molecule has 1 aromatic carbocycles. The lowest BCUT2D eigenvalue weighted by molar-refractivity contribution is -0.120. The normalized spacial score (nSPS) is 11.4. The third-order valence-corrected chi connectivity index (χ3v) is 3.74. The summed E-state index contributed by atoms with van der Waals surface area (Å²) in [7, 11) is -1.91. The maximum Gasteiger partial charge on any atom is 0.241 e. The number of anilines is 1. The molecular weight excluding hydrogens is 266 g/mol. The summed E-state index contributed by atoms with van der Waals surface area (Å²) in [5, 5.41) is 5.51. The Morgan fingerprint density at radius 1 is 1.21 bits per heavy atom. The van der Waals surface area contributed by atoms with Crippen molar-refractivity contribution in [1.29, 1.82) is 0 Å². The van der Waals surface area contributed by atoms with Crippen LogP contribution in [-0.4, -0.2) is 34.0 Å². The number of sulfonamides is 1. The third-order valence-electron chi connectivity index (χ3n) is 2.33. The molecule has 0 spiro atoms. The molecule has 0 saturated heterocycles. The second-order valence-electron chi connectivity index (χ2n) is 4.32. The van der Waals surface area contributed by atoms with Gasteiger partial charge in [0.15, 0.2) is 0 Å². The largest absolute Gasteiger partial charge is 0.388 e. The first-order valence-electron chi connectivity index (χ1n) is 5.92. The molecule has 19 heavy (non-hydrogen) atoms. The van der Waals surface area contributed by atoms with Gasteiger partial charge < -0.3 is 10.6 Å². The van der Waals surface area contributed by atoms with E-state index in [0.717, 1.165) is 5.69 Å². The first-order chi connectivity index (χ1) is 8.85. The van der Waals surface area contributed by atoms with Crippen molar-refractivity contribution in [1.82, 2.24) is 10.0 Å². The average Bonchev–Trinajstić information content (AvgIpc) is 2.36. The minimum absolute atomic E-state index is 0.0214. The van der Waals surface area contributed by atoms with Crippen LogP contribution in [-0.2, 0) is 14.8 Å². The van der Waals surface area contributed by atoms with Crippen LogP contribution in [0.1, 0.15) is 13.8 Å². The van der Waals surface area contributed by atoms with Gasteiger partial charge >= 0.3 is 0 Å². The fourth-order valence-corrected chi connectivity index (χ4v) is 2.40. The zero-order valence-electron chi connectivity index (χ0n) is 11.2. The van der Waals surface area contributed by atoms with Gasteiger partial charge in [-0.05, 0) is 38.1 Å². The van der Waals surface area contributed by atoms with E-state index in [4.69, 9.17) is 0 Å². The molecule has 3 N–H and O–H groups in total. The predicted molar refractivity (Wildman–Crippen MR) is 74.5 cm³/mol. The van der Waals surface area contributed by atoms with Crippen LogP contribution in [0.5, 0.6) is 0 Å². The van der Waals surface area contributed by atoms with Gasteiger partial charge in [-0.15, -0.1) is 0 Å². The van der Waals surface area contributed by atoms with E-state index in [1.54, 1.807) is 19.2 Å². The monoisotopic (exact) mass is 285 g/mol. The van der Waals surface area contributed by atoms with Gasteiger partial charge in [0, 0.05) is 18.8 Å². The highest BCUT2D eigenvalue weighted by molar-refractivity contribution is 7.89. The lowest BCUT2D eigenvalue weighted by atomic mass is 10.3. The van der Waals surface area contributed by atoms with Crippen molar-refractivity contribution < 1.29 is 13.2 Å². The van der Waals surface area contributed by atoms with Crippen LogP contribution in [0.25, 0.3) is 0 Å². The van der Waals surface area contributed by atoms with E-state index in [2.05, 4.69) is 15.4 Å². The van der Waals surface area contributed by atoms with Gasteiger partial charge in [0.1, 0.15) is 0 Å². The third kappa shape index (κ3) is 4.88. The second-order valence-corrected chi connectivity index (χ2v) is 6.09. The molecule has 0 aliphatic heterocycles. The lowest BCUT2D eigenvalue weighted by Gasteiger charge is -2.10. The highest BCUT2D eigenvalue weighted by Gasteiger charge is 2.15. The fourth-order valence-electron chi connectivity index (χ4n) is 1.42. The summed E-state index contributed by atoms with van der Waals surface area (Å²) < 4.78 is 26.1. The molecule has 0 aliphatic carbocycles. The van der Waals surface area contributed by atoms with Gasteiger partial charge in [-0.2, -0.15) is 0 Å². The minimum atomic E-state index is -3.65. The Bertz CT molecular complexity index is 524. The summed E-state index contributed by atoms with van der Waals surface area (Å²) in [5.41, 5.74) is 0.816. The summed E-state index contributed by atoms with van der Waals surface area (Å²) in [5.74, 6) is -0.356. The average molecular weight is 285 g/mol. The second kappa shape index (κ2) is 6.53. The Hall–Kier alpha value is -1.60.